The maximum absolute atomic E-state index is 12.4. The molecule has 0 aromatic heterocycles. The van der Waals surface area contributed by atoms with E-state index in [0.29, 0.717) is 12.8 Å². The maximum atomic E-state index is 12.4. The highest BCUT2D eigenvalue weighted by atomic mass is 16.3. The van der Waals surface area contributed by atoms with Gasteiger partial charge in [0.2, 0.25) is 5.91 Å². The second-order valence-corrected chi connectivity index (χ2v) is 11.0. The maximum Gasteiger partial charge on any atom is 0.236 e. The Bertz CT molecular complexity index is 481. The van der Waals surface area contributed by atoms with Crippen molar-refractivity contribution in [1.82, 2.24) is 5.01 Å². The number of carbonyl (C=O) groups excluding carboxylic acids is 1. The van der Waals surface area contributed by atoms with Gasteiger partial charge in [0.15, 0.2) is 0 Å². The van der Waals surface area contributed by atoms with E-state index in [1.807, 2.05) is 0 Å². The smallest absolute Gasteiger partial charge is 0.236 e. The van der Waals surface area contributed by atoms with Gasteiger partial charge in [-0.25, -0.2) is 5.84 Å². The van der Waals surface area contributed by atoms with Crippen molar-refractivity contribution in [2.24, 2.45) is 5.84 Å². The zero-order chi connectivity index (χ0) is 26.5. The van der Waals surface area contributed by atoms with E-state index in [1.165, 1.54) is 133 Å². The molecule has 0 aliphatic carbocycles. The largest absolute Gasteiger partial charge is 0.394 e. The van der Waals surface area contributed by atoms with Crippen molar-refractivity contribution in [2.75, 3.05) is 6.61 Å². The van der Waals surface area contributed by atoms with Gasteiger partial charge in [-0.3, -0.25) is 9.80 Å². The van der Waals surface area contributed by atoms with E-state index in [4.69, 9.17) is 5.84 Å². The number of allylic oxidation sites excluding steroid dienone is 1. The molecule has 0 bridgehead atoms. The van der Waals surface area contributed by atoms with Crippen molar-refractivity contribution in [3.63, 3.8) is 0 Å². The second-order valence-electron chi connectivity index (χ2n) is 11.0. The molecular weight excluding hydrogens is 444 g/mol. The van der Waals surface area contributed by atoms with E-state index < -0.39 is 0 Å². The van der Waals surface area contributed by atoms with E-state index in [2.05, 4.69) is 26.0 Å². The number of aliphatic hydroxyl groups excluding tert-OH is 1. The third-order valence-corrected chi connectivity index (χ3v) is 7.44. The molecule has 0 unspecified atom stereocenters. The lowest BCUT2D eigenvalue weighted by molar-refractivity contribution is -0.134. The predicted octanol–water partition coefficient (Wildman–Crippen LogP) is 9.40. The summed E-state index contributed by atoms with van der Waals surface area (Å²) in [4.78, 5) is 12.4. The Balaban J connectivity index is 3.66. The van der Waals surface area contributed by atoms with Crippen LogP contribution >= 0.6 is 0 Å². The molecule has 4 heteroatoms. The first kappa shape index (κ1) is 35.1. The van der Waals surface area contributed by atoms with Crippen molar-refractivity contribution in [3.05, 3.63) is 12.2 Å². The first-order valence-electron chi connectivity index (χ1n) is 16.0. The lowest BCUT2D eigenvalue weighted by Gasteiger charge is -2.25. The van der Waals surface area contributed by atoms with E-state index in [9.17, 15) is 9.90 Å². The van der Waals surface area contributed by atoms with Crippen molar-refractivity contribution in [3.8, 4) is 0 Å². The fraction of sp³-hybridized carbons (Fsp3) is 0.906. The summed E-state index contributed by atoms with van der Waals surface area (Å²) in [5.41, 5.74) is 0. The molecule has 4 nitrogen and oxygen atoms in total. The number of carbonyl (C=O) groups is 1. The average Bonchev–Trinajstić information content (AvgIpc) is 2.89. The normalized spacial score (nSPS) is 12.4. The fourth-order valence-electron chi connectivity index (χ4n) is 4.85. The molecule has 0 heterocycles. The molecule has 0 aromatic carbocycles. The minimum Gasteiger partial charge on any atom is -0.394 e. The number of hydrogen-bond acceptors (Lipinski definition) is 3. The van der Waals surface area contributed by atoms with Crippen LogP contribution in [0, 0.1) is 0 Å². The summed E-state index contributed by atoms with van der Waals surface area (Å²) in [7, 11) is 0. The Kier molecular flexibility index (Phi) is 28.0. The lowest BCUT2D eigenvalue weighted by Crippen LogP contribution is -2.47. The Morgan fingerprint density at radius 2 is 1.03 bits per heavy atom. The van der Waals surface area contributed by atoms with E-state index in [0.717, 1.165) is 19.3 Å². The zero-order valence-electron chi connectivity index (χ0n) is 24.5. The van der Waals surface area contributed by atoms with Crippen LogP contribution in [0.2, 0.25) is 0 Å². The minimum absolute atomic E-state index is 0.0382. The van der Waals surface area contributed by atoms with Crippen molar-refractivity contribution in [2.45, 2.75) is 180 Å². The molecule has 0 aliphatic rings. The predicted molar refractivity (Wildman–Crippen MR) is 158 cm³/mol. The van der Waals surface area contributed by atoms with Gasteiger partial charge in [-0.15, -0.1) is 0 Å². The molecule has 3 N–H and O–H groups in total. The number of unbranched alkanes of at least 4 members (excludes halogenated alkanes) is 21. The highest BCUT2D eigenvalue weighted by molar-refractivity contribution is 5.75. The van der Waals surface area contributed by atoms with Crippen LogP contribution in [0.5, 0.6) is 0 Å². The number of aliphatic hydroxyl groups is 1. The van der Waals surface area contributed by atoms with Gasteiger partial charge in [0, 0.05) is 6.42 Å². The monoisotopic (exact) mass is 508 g/mol. The standard InChI is InChI=1S/C32H64N2O2/c1-3-5-7-9-11-13-15-16-17-19-20-22-24-26-28-31(30-35)34(33)32(36)29-27-25-23-21-18-14-12-10-8-6-4-2/h24,26,31,35H,3-23,25,27-30,33H2,1-2H3/b26-24+/t31-/m1/s1. The number of nitrogens with two attached hydrogens (primary N) is 1. The van der Waals surface area contributed by atoms with Crippen molar-refractivity contribution >= 4 is 5.91 Å². The third-order valence-electron chi connectivity index (χ3n) is 7.44. The molecule has 0 aliphatic heterocycles. The molecule has 0 saturated carbocycles. The van der Waals surface area contributed by atoms with Crippen LogP contribution in [-0.2, 0) is 4.79 Å². The molecule has 214 valence electrons. The summed E-state index contributed by atoms with van der Waals surface area (Å²) in [5, 5.41) is 11.0. The summed E-state index contributed by atoms with van der Waals surface area (Å²) in [6, 6.07) is -0.307. The van der Waals surface area contributed by atoms with Crippen molar-refractivity contribution < 1.29 is 9.90 Å². The van der Waals surface area contributed by atoms with Crippen LogP contribution in [0.3, 0.4) is 0 Å². The molecule has 0 saturated heterocycles. The van der Waals surface area contributed by atoms with Crippen molar-refractivity contribution in [1.29, 1.82) is 0 Å². The van der Waals surface area contributed by atoms with Gasteiger partial charge in [-0.2, -0.15) is 0 Å². The fourth-order valence-corrected chi connectivity index (χ4v) is 4.85. The molecule has 0 rings (SSSR count). The molecule has 0 aromatic rings. The molecule has 0 fully saturated rings. The Morgan fingerprint density at radius 3 is 1.44 bits per heavy atom. The van der Waals surface area contributed by atoms with Gasteiger partial charge < -0.3 is 5.11 Å². The SMILES string of the molecule is CCCCCCCCCCCCC/C=C/C[C@H](CO)N(N)C(=O)CCCCCCCCCCCCC. The number of amides is 1. The van der Waals surface area contributed by atoms with E-state index >= 15 is 0 Å². The van der Waals surface area contributed by atoms with Crippen LogP contribution < -0.4 is 5.84 Å². The summed E-state index contributed by atoms with van der Waals surface area (Å²) >= 11 is 0. The number of nitrogens with zero attached hydrogens (tertiary/aromatic N) is 1. The number of rotatable bonds is 28. The van der Waals surface area contributed by atoms with Gasteiger partial charge in [0.1, 0.15) is 0 Å². The first-order valence-corrected chi connectivity index (χ1v) is 16.0. The Labute approximate surface area is 225 Å². The summed E-state index contributed by atoms with van der Waals surface area (Å²) in [6.45, 7) is 4.45. The van der Waals surface area contributed by atoms with Gasteiger partial charge in [0.05, 0.1) is 12.6 Å². The summed E-state index contributed by atoms with van der Waals surface area (Å²) in [5.74, 6) is 6.01. The van der Waals surface area contributed by atoms with E-state index in [1.54, 1.807) is 0 Å². The Hall–Kier alpha value is -0.870. The van der Waals surface area contributed by atoms with Gasteiger partial charge in [0.25, 0.3) is 0 Å². The zero-order valence-corrected chi connectivity index (χ0v) is 24.5. The highest BCUT2D eigenvalue weighted by Gasteiger charge is 2.18. The molecular formula is C32H64N2O2. The van der Waals surface area contributed by atoms with Crippen LogP contribution in [0.1, 0.15) is 174 Å². The van der Waals surface area contributed by atoms with E-state index in [-0.39, 0.29) is 18.6 Å². The molecule has 36 heavy (non-hydrogen) atoms. The first-order chi connectivity index (χ1) is 17.7. The Morgan fingerprint density at radius 1 is 0.639 bits per heavy atom. The topological polar surface area (TPSA) is 66.6 Å². The minimum atomic E-state index is -0.307. The van der Waals surface area contributed by atoms with Crippen LogP contribution in [0.15, 0.2) is 12.2 Å². The lowest BCUT2D eigenvalue weighted by atomic mass is 10.0. The molecule has 1 atom stereocenters. The van der Waals surface area contributed by atoms with Gasteiger partial charge >= 0.3 is 0 Å². The van der Waals surface area contributed by atoms with Crippen LogP contribution in [-0.4, -0.2) is 28.7 Å². The quantitative estimate of drug-likeness (QED) is 0.0363. The molecule has 0 spiro atoms. The summed E-state index contributed by atoms with van der Waals surface area (Å²) < 4.78 is 0. The van der Waals surface area contributed by atoms with Crippen LogP contribution in [0.4, 0.5) is 0 Å². The molecule has 0 radical (unpaired) electrons. The second kappa shape index (κ2) is 28.7. The number of hydrazine groups is 1. The summed E-state index contributed by atoms with van der Waals surface area (Å²) in [6.07, 6.45) is 35.4. The van der Waals surface area contributed by atoms with Gasteiger partial charge in [-0.05, 0) is 25.7 Å². The van der Waals surface area contributed by atoms with Crippen LogP contribution in [0.25, 0.3) is 0 Å². The molecule has 1 amide bonds. The average molecular weight is 509 g/mol. The van der Waals surface area contributed by atoms with Gasteiger partial charge in [-0.1, -0.05) is 154 Å². The highest BCUT2D eigenvalue weighted by Crippen LogP contribution is 2.14. The number of hydrogen-bond donors (Lipinski definition) is 2. The third kappa shape index (κ3) is 23.5.